The van der Waals surface area contributed by atoms with Gasteiger partial charge in [-0.25, -0.2) is 9.18 Å². The number of nitrogens with zero attached hydrogens (tertiary/aromatic N) is 1. The molecule has 3 atom stereocenters. The lowest BCUT2D eigenvalue weighted by atomic mass is 10.1. The van der Waals surface area contributed by atoms with Crippen LogP contribution in [-0.4, -0.2) is 54.0 Å². The summed E-state index contributed by atoms with van der Waals surface area (Å²) in [5.74, 6) is -0.179. The van der Waals surface area contributed by atoms with Gasteiger partial charge in [-0.1, -0.05) is 18.7 Å². The van der Waals surface area contributed by atoms with Crippen LogP contribution >= 0.6 is 11.8 Å². The summed E-state index contributed by atoms with van der Waals surface area (Å²) in [6.45, 7) is 6.66. The Balaban J connectivity index is 1.90. The van der Waals surface area contributed by atoms with Crippen molar-refractivity contribution in [2.75, 3.05) is 25.2 Å². The monoisotopic (exact) mass is 380 g/mol. The zero-order chi connectivity index (χ0) is 19.1. The van der Waals surface area contributed by atoms with E-state index >= 15 is 0 Å². The average Bonchev–Trinajstić information content (AvgIpc) is 3.38. The van der Waals surface area contributed by atoms with Crippen molar-refractivity contribution >= 4 is 23.6 Å². The normalized spacial score (nSPS) is 19.5. The first-order valence-corrected chi connectivity index (χ1v) is 9.91. The van der Waals surface area contributed by atoms with E-state index in [0.717, 1.165) is 16.9 Å². The number of halogens is 1. The van der Waals surface area contributed by atoms with Gasteiger partial charge in [0.1, 0.15) is 24.5 Å². The number of carbonyl (C=O) groups is 2. The Hall–Kier alpha value is -1.86. The van der Waals surface area contributed by atoms with Crippen molar-refractivity contribution in [3.8, 4) is 0 Å². The summed E-state index contributed by atoms with van der Waals surface area (Å²) in [4.78, 5) is 26.5. The summed E-state index contributed by atoms with van der Waals surface area (Å²) >= 11 is 1.60. The van der Waals surface area contributed by atoms with Crippen LogP contribution in [0.4, 0.5) is 4.39 Å². The van der Waals surface area contributed by atoms with Crippen molar-refractivity contribution in [2.24, 2.45) is 0 Å². The minimum atomic E-state index is -0.659. The molecule has 0 saturated carbocycles. The Kier molecular flexibility index (Phi) is 7.66. The number of amides is 1. The van der Waals surface area contributed by atoms with Crippen LogP contribution in [0.15, 0.2) is 30.9 Å². The van der Waals surface area contributed by atoms with Gasteiger partial charge < -0.3 is 10.1 Å². The minimum Gasteiger partial charge on any atom is -0.460 e. The topological polar surface area (TPSA) is 58.4 Å². The third-order valence-electron chi connectivity index (χ3n) is 4.26. The molecular weight excluding hydrogens is 355 g/mol. The first kappa shape index (κ1) is 20.5. The van der Waals surface area contributed by atoms with Crippen LogP contribution in [0.25, 0.3) is 0 Å². The number of benzene rings is 1. The molecule has 26 heavy (non-hydrogen) atoms. The highest BCUT2D eigenvalue weighted by molar-refractivity contribution is 7.98. The second kappa shape index (κ2) is 9.73. The van der Waals surface area contributed by atoms with E-state index in [2.05, 4.69) is 11.9 Å². The molecule has 5 nitrogen and oxygen atoms in total. The van der Waals surface area contributed by atoms with Crippen molar-refractivity contribution in [1.29, 1.82) is 0 Å². The molecule has 0 aromatic heterocycles. The van der Waals surface area contributed by atoms with Gasteiger partial charge in [-0.15, -0.1) is 0 Å². The maximum Gasteiger partial charge on any atom is 0.328 e. The summed E-state index contributed by atoms with van der Waals surface area (Å²) in [5.41, 5.74) is 1.85. The third kappa shape index (κ3) is 5.85. The fourth-order valence-electron chi connectivity index (χ4n) is 2.62. The minimum absolute atomic E-state index is 0.124. The van der Waals surface area contributed by atoms with Crippen LogP contribution in [0.5, 0.6) is 0 Å². The lowest BCUT2D eigenvalue weighted by Gasteiger charge is -2.17. The molecule has 1 aliphatic rings. The molecule has 3 unspecified atom stereocenters. The van der Waals surface area contributed by atoms with Gasteiger partial charge >= 0.3 is 5.97 Å². The molecule has 1 saturated heterocycles. The number of ether oxygens (including phenoxy) is 1. The van der Waals surface area contributed by atoms with Crippen molar-refractivity contribution < 1.29 is 18.7 Å². The number of hydrogen-bond donors (Lipinski definition) is 1. The van der Waals surface area contributed by atoms with Gasteiger partial charge in [-0.2, -0.15) is 11.8 Å². The van der Waals surface area contributed by atoms with E-state index in [-0.39, 0.29) is 24.4 Å². The van der Waals surface area contributed by atoms with Crippen molar-refractivity contribution in [3.63, 3.8) is 0 Å². The number of aryl methyl sites for hydroxylation is 1. The van der Waals surface area contributed by atoms with E-state index in [1.54, 1.807) is 17.8 Å². The predicted molar refractivity (Wildman–Crippen MR) is 101 cm³/mol. The number of nitrogens with one attached hydrogen (secondary N) is 1. The summed E-state index contributed by atoms with van der Waals surface area (Å²) in [6, 6.07) is 3.71. The number of thioether (sulfide) groups is 1. The van der Waals surface area contributed by atoms with Gasteiger partial charge in [0.05, 0.1) is 0 Å². The van der Waals surface area contributed by atoms with Crippen LogP contribution < -0.4 is 5.32 Å². The molecule has 0 radical (unpaired) electrons. The molecule has 0 aliphatic carbocycles. The van der Waals surface area contributed by atoms with Crippen molar-refractivity contribution in [3.05, 3.63) is 47.8 Å². The summed E-state index contributed by atoms with van der Waals surface area (Å²) in [6.07, 6.45) is 3.95. The van der Waals surface area contributed by atoms with Gasteiger partial charge in [-0.05, 0) is 48.6 Å². The van der Waals surface area contributed by atoms with Gasteiger partial charge in [0.25, 0.3) is 0 Å². The molecule has 0 bridgehead atoms. The Morgan fingerprint density at radius 3 is 3.00 bits per heavy atom. The van der Waals surface area contributed by atoms with Crippen LogP contribution in [0, 0.1) is 12.7 Å². The molecule has 0 spiro atoms. The Bertz CT molecular complexity index is 668. The number of esters is 1. The van der Waals surface area contributed by atoms with Crippen LogP contribution in [0.1, 0.15) is 17.5 Å². The fourth-order valence-corrected chi connectivity index (χ4v) is 3.09. The molecule has 1 aliphatic heterocycles. The smallest absolute Gasteiger partial charge is 0.328 e. The molecule has 1 aromatic carbocycles. The third-order valence-corrected chi connectivity index (χ3v) is 4.90. The second-order valence-electron chi connectivity index (χ2n) is 6.28. The lowest BCUT2D eigenvalue weighted by molar-refractivity contribution is -0.146. The summed E-state index contributed by atoms with van der Waals surface area (Å²) in [5, 5.41) is 2.79. The largest absolute Gasteiger partial charge is 0.460 e. The predicted octanol–water partition coefficient (Wildman–Crippen LogP) is 2.29. The zero-order valence-corrected chi connectivity index (χ0v) is 16.0. The van der Waals surface area contributed by atoms with Crippen LogP contribution in [0.3, 0.4) is 0 Å². The number of carbonyl (C=O) groups excluding carboxylic acids is 2. The lowest BCUT2D eigenvalue weighted by Crippen LogP contribution is -2.44. The quantitative estimate of drug-likeness (QED) is 0.383. The highest BCUT2D eigenvalue weighted by Crippen LogP contribution is 2.23. The molecule has 142 valence electrons. The molecule has 7 heteroatoms. The van der Waals surface area contributed by atoms with Crippen molar-refractivity contribution in [1.82, 2.24) is 10.2 Å². The summed E-state index contributed by atoms with van der Waals surface area (Å²) in [7, 11) is 0. The summed E-state index contributed by atoms with van der Waals surface area (Å²) < 4.78 is 18.5. The highest BCUT2D eigenvalue weighted by atomic mass is 32.2. The SMILES string of the molecule is C=CCOC(=O)C(CCSC)NC(=O)C1CN1Cc1cc(F)ccc1C. The van der Waals surface area contributed by atoms with Gasteiger partial charge in [0, 0.05) is 13.1 Å². The number of rotatable bonds is 10. The van der Waals surface area contributed by atoms with E-state index in [1.165, 1.54) is 18.2 Å². The standard InChI is InChI=1S/C19H25FN2O3S/c1-4-8-25-19(24)16(7-9-26-3)21-18(23)17-12-22(17)11-14-10-15(20)6-5-13(14)2/h4-6,10,16-17H,1,7-9,11-12H2,2-3H3,(H,21,23). The Labute approximate surface area is 158 Å². The van der Waals surface area contributed by atoms with Gasteiger partial charge in [-0.3, -0.25) is 9.69 Å². The second-order valence-corrected chi connectivity index (χ2v) is 7.26. The average molecular weight is 380 g/mol. The van der Waals surface area contributed by atoms with Crippen LogP contribution in [-0.2, 0) is 20.9 Å². The fraction of sp³-hybridized carbons (Fsp3) is 0.474. The zero-order valence-electron chi connectivity index (χ0n) is 15.2. The highest BCUT2D eigenvalue weighted by Gasteiger charge is 2.41. The maximum atomic E-state index is 13.4. The van der Waals surface area contributed by atoms with Crippen LogP contribution in [0.2, 0.25) is 0 Å². The molecule has 1 N–H and O–H groups in total. The molecule has 1 amide bonds. The molecular formula is C19H25FN2O3S. The Morgan fingerprint density at radius 2 is 2.31 bits per heavy atom. The van der Waals surface area contributed by atoms with Crippen molar-refractivity contribution in [2.45, 2.75) is 32.0 Å². The van der Waals surface area contributed by atoms with E-state index in [0.29, 0.717) is 19.5 Å². The maximum absolute atomic E-state index is 13.4. The first-order chi connectivity index (χ1) is 12.5. The van der Waals surface area contributed by atoms with E-state index in [1.807, 2.05) is 18.1 Å². The van der Waals surface area contributed by atoms with E-state index < -0.39 is 12.0 Å². The molecule has 1 aromatic rings. The Morgan fingerprint density at radius 1 is 1.54 bits per heavy atom. The van der Waals surface area contributed by atoms with Gasteiger partial charge in [0.15, 0.2) is 0 Å². The first-order valence-electron chi connectivity index (χ1n) is 8.52. The molecule has 1 heterocycles. The molecule has 1 fully saturated rings. The number of hydrogen-bond acceptors (Lipinski definition) is 5. The molecule has 2 rings (SSSR count). The van der Waals surface area contributed by atoms with Gasteiger partial charge in [0.2, 0.25) is 5.91 Å². The van der Waals surface area contributed by atoms with E-state index in [9.17, 15) is 14.0 Å². The van der Waals surface area contributed by atoms with E-state index in [4.69, 9.17) is 4.74 Å².